The Bertz CT molecular complexity index is 589. The lowest BCUT2D eigenvalue weighted by atomic mass is 10.1. The summed E-state index contributed by atoms with van der Waals surface area (Å²) in [5, 5.41) is 14.4. The molecule has 0 aliphatic carbocycles. The number of benzene rings is 1. The first-order valence-corrected chi connectivity index (χ1v) is 6.00. The van der Waals surface area contributed by atoms with Crippen LogP contribution in [0.25, 0.3) is 0 Å². The summed E-state index contributed by atoms with van der Waals surface area (Å²) >= 11 is 0. The van der Waals surface area contributed by atoms with Gasteiger partial charge in [0.2, 0.25) is 5.91 Å². The fourth-order valence-corrected chi connectivity index (χ4v) is 1.45. The van der Waals surface area contributed by atoms with Crippen molar-refractivity contribution in [3.63, 3.8) is 0 Å². The van der Waals surface area contributed by atoms with Gasteiger partial charge in [0, 0.05) is 17.7 Å². The molecule has 0 radical (unpaired) electrons. The van der Waals surface area contributed by atoms with E-state index in [-0.39, 0.29) is 11.3 Å². The van der Waals surface area contributed by atoms with Crippen molar-refractivity contribution in [1.82, 2.24) is 10.6 Å². The van der Waals surface area contributed by atoms with Crippen LogP contribution >= 0.6 is 0 Å². The smallest absolute Gasteiger partial charge is 0.345 e. The molecule has 1 atom stereocenters. The molecule has 0 fully saturated rings. The van der Waals surface area contributed by atoms with Crippen LogP contribution in [0.2, 0.25) is 0 Å². The van der Waals surface area contributed by atoms with E-state index in [2.05, 4.69) is 5.32 Å². The molecule has 1 unspecified atom stereocenters. The maximum atomic E-state index is 12.0. The molecule has 120 valence electrons. The summed E-state index contributed by atoms with van der Waals surface area (Å²) in [4.78, 5) is 33.1. The number of rotatable bonds is 5. The third-order valence-corrected chi connectivity index (χ3v) is 2.52. The zero-order chi connectivity index (χ0) is 16.9. The van der Waals surface area contributed by atoms with Gasteiger partial charge in [-0.3, -0.25) is 19.7 Å². The predicted molar refractivity (Wildman–Crippen MR) is 69.1 cm³/mol. The highest BCUT2D eigenvalue weighted by Crippen LogP contribution is 2.13. The number of non-ortho nitro benzene ring substituents is 1. The maximum Gasteiger partial charge on any atom is 0.405 e. The van der Waals surface area contributed by atoms with Gasteiger partial charge >= 0.3 is 6.18 Å². The van der Waals surface area contributed by atoms with Crippen LogP contribution in [-0.4, -0.2) is 35.5 Å². The summed E-state index contributed by atoms with van der Waals surface area (Å²) < 4.78 is 35.9. The molecule has 2 amide bonds. The van der Waals surface area contributed by atoms with Gasteiger partial charge in [-0.25, -0.2) is 0 Å². The standard InChI is InChI=1S/C12H12F3N3O4/c1-7(10(19)16-6-12(13,14)15)17-11(20)8-3-2-4-9(5-8)18(21)22/h2-5,7H,6H2,1H3,(H,16,19)(H,17,20). The summed E-state index contributed by atoms with van der Waals surface area (Å²) in [7, 11) is 0. The Morgan fingerprint density at radius 1 is 1.36 bits per heavy atom. The van der Waals surface area contributed by atoms with Gasteiger partial charge in [0.05, 0.1) is 4.92 Å². The van der Waals surface area contributed by atoms with Crippen LogP contribution < -0.4 is 10.6 Å². The van der Waals surface area contributed by atoms with E-state index in [1.54, 1.807) is 5.32 Å². The molecule has 0 saturated heterocycles. The number of halogens is 3. The number of nitro benzene ring substituents is 1. The number of nitro groups is 1. The van der Waals surface area contributed by atoms with Crippen molar-refractivity contribution >= 4 is 17.5 Å². The second-order valence-corrected chi connectivity index (χ2v) is 4.34. The van der Waals surface area contributed by atoms with E-state index in [1.165, 1.54) is 25.1 Å². The number of hydrogen-bond acceptors (Lipinski definition) is 4. The molecule has 7 nitrogen and oxygen atoms in total. The van der Waals surface area contributed by atoms with Gasteiger partial charge in [0.25, 0.3) is 11.6 Å². The van der Waals surface area contributed by atoms with E-state index in [0.717, 1.165) is 6.07 Å². The van der Waals surface area contributed by atoms with Crippen molar-refractivity contribution in [2.45, 2.75) is 19.1 Å². The van der Waals surface area contributed by atoms with Gasteiger partial charge in [-0.05, 0) is 13.0 Å². The molecule has 10 heteroatoms. The van der Waals surface area contributed by atoms with E-state index in [9.17, 15) is 32.9 Å². The number of carbonyl (C=O) groups is 2. The van der Waals surface area contributed by atoms with Gasteiger partial charge < -0.3 is 10.6 Å². The Kier molecular flexibility index (Phi) is 5.44. The van der Waals surface area contributed by atoms with Crippen molar-refractivity contribution in [2.24, 2.45) is 0 Å². The molecule has 0 aliphatic heterocycles. The highest BCUT2D eigenvalue weighted by atomic mass is 19.4. The van der Waals surface area contributed by atoms with Gasteiger partial charge in [0.15, 0.2) is 0 Å². The highest BCUT2D eigenvalue weighted by molar-refractivity contribution is 5.97. The molecule has 1 aromatic rings. The summed E-state index contributed by atoms with van der Waals surface area (Å²) in [5.41, 5.74) is -0.397. The number of amides is 2. The van der Waals surface area contributed by atoms with Crippen molar-refractivity contribution in [2.75, 3.05) is 6.54 Å². The fourth-order valence-electron chi connectivity index (χ4n) is 1.45. The molecule has 0 aliphatic rings. The maximum absolute atomic E-state index is 12.0. The van der Waals surface area contributed by atoms with E-state index in [4.69, 9.17) is 0 Å². The van der Waals surface area contributed by atoms with Gasteiger partial charge in [-0.2, -0.15) is 13.2 Å². The summed E-state index contributed by atoms with van der Waals surface area (Å²) in [6, 6.07) is 3.50. The molecule has 0 aromatic heterocycles. The fraction of sp³-hybridized carbons (Fsp3) is 0.333. The first-order valence-electron chi connectivity index (χ1n) is 6.00. The number of carbonyl (C=O) groups excluding carboxylic acids is 2. The molecule has 2 N–H and O–H groups in total. The summed E-state index contributed by atoms with van der Waals surface area (Å²) in [5.74, 6) is -1.82. The highest BCUT2D eigenvalue weighted by Gasteiger charge is 2.29. The Hall–Kier alpha value is -2.65. The van der Waals surface area contributed by atoms with Crippen LogP contribution in [0.5, 0.6) is 0 Å². The average Bonchev–Trinajstić information content (AvgIpc) is 2.43. The predicted octanol–water partition coefficient (Wildman–Crippen LogP) is 1.39. The van der Waals surface area contributed by atoms with E-state index < -0.39 is 35.5 Å². The molecular formula is C12H12F3N3O4. The second kappa shape index (κ2) is 6.87. The molecule has 0 saturated carbocycles. The zero-order valence-electron chi connectivity index (χ0n) is 11.3. The lowest BCUT2D eigenvalue weighted by molar-refractivity contribution is -0.384. The number of nitrogens with one attached hydrogen (secondary N) is 2. The van der Waals surface area contributed by atoms with Crippen LogP contribution in [0.1, 0.15) is 17.3 Å². The largest absolute Gasteiger partial charge is 0.405 e. The number of alkyl halides is 3. The van der Waals surface area contributed by atoms with E-state index >= 15 is 0 Å². The first kappa shape index (κ1) is 17.4. The monoisotopic (exact) mass is 319 g/mol. The van der Waals surface area contributed by atoms with Crippen LogP contribution in [0.15, 0.2) is 24.3 Å². The molecule has 0 spiro atoms. The van der Waals surface area contributed by atoms with Gasteiger partial charge in [0.1, 0.15) is 12.6 Å². The van der Waals surface area contributed by atoms with Gasteiger partial charge in [-0.1, -0.05) is 6.07 Å². The Morgan fingerprint density at radius 3 is 2.55 bits per heavy atom. The minimum atomic E-state index is -4.56. The van der Waals surface area contributed by atoms with E-state index in [1.807, 2.05) is 0 Å². The van der Waals surface area contributed by atoms with Crippen LogP contribution in [0.3, 0.4) is 0 Å². The molecule has 1 aromatic carbocycles. The number of nitrogens with zero attached hydrogens (tertiary/aromatic N) is 1. The van der Waals surface area contributed by atoms with Crippen molar-refractivity contribution < 1.29 is 27.7 Å². The Labute approximate surface area is 122 Å². The summed E-state index contributed by atoms with van der Waals surface area (Å²) in [6.45, 7) is -0.316. The quantitative estimate of drug-likeness (QED) is 0.632. The molecular weight excluding hydrogens is 307 g/mol. The Morgan fingerprint density at radius 2 is 2.00 bits per heavy atom. The molecule has 0 heterocycles. The SMILES string of the molecule is CC(NC(=O)c1cccc([N+](=O)[O-])c1)C(=O)NCC(F)(F)F. The third kappa shape index (κ3) is 5.38. The molecule has 22 heavy (non-hydrogen) atoms. The zero-order valence-corrected chi connectivity index (χ0v) is 11.3. The van der Waals surface area contributed by atoms with Crippen LogP contribution in [-0.2, 0) is 4.79 Å². The number of hydrogen-bond donors (Lipinski definition) is 2. The van der Waals surface area contributed by atoms with Crippen LogP contribution in [0.4, 0.5) is 18.9 Å². The average molecular weight is 319 g/mol. The first-order chi connectivity index (χ1) is 10.1. The van der Waals surface area contributed by atoms with Gasteiger partial charge in [-0.15, -0.1) is 0 Å². The minimum absolute atomic E-state index is 0.0790. The molecule has 1 rings (SSSR count). The van der Waals surface area contributed by atoms with E-state index in [0.29, 0.717) is 0 Å². The second-order valence-electron chi connectivity index (χ2n) is 4.34. The minimum Gasteiger partial charge on any atom is -0.345 e. The molecule has 0 bridgehead atoms. The van der Waals surface area contributed by atoms with Crippen LogP contribution in [0, 0.1) is 10.1 Å². The topological polar surface area (TPSA) is 101 Å². The lowest BCUT2D eigenvalue weighted by Crippen LogP contribution is -2.47. The normalized spacial score (nSPS) is 12.4. The lowest BCUT2D eigenvalue weighted by Gasteiger charge is -2.15. The van der Waals surface area contributed by atoms with Crippen molar-refractivity contribution in [1.29, 1.82) is 0 Å². The van der Waals surface area contributed by atoms with Crippen molar-refractivity contribution in [3.05, 3.63) is 39.9 Å². The summed E-state index contributed by atoms with van der Waals surface area (Å²) in [6.07, 6.45) is -4.56. The third-order valence-electron chi connectivity index (χ3n) is 2.52. The van der Waals surface area contributed by atoms with Crippen molar-refractivity contribution in [3.8, 4) is 0 Å². The Balaban J connectivity index is 2.66.